The number of carbonyl (C=O) groups is 1. The lowest BCUT2D eigenvalue weighted by atomic mass is 9.89. The van der Waals surface area contributed by atoms with E-state index in [4.69, 9.17) is 0 Å². The van der Waals surface area contributed by atoms with E-state index in [1.165, 1.54) is 17.3 Å². The molecule has 2 aromatic heterocycles. The number of hydrogen-bond donors (Lipinski definition) is 2. The van der Waals surface area contributed by atoms with Gasteiger partial charge in [-0.3, -0.25) is 9.20 Å². The summed E-state index contributed by atoms with van der Waals surface area (Å²) in [5, 5.41) is 14.4. The first-order valence-electron chi connectivity index (χ1n) is 10.8. The van der Waals surface area contributed by atoms with Gasteiger partial charge in [0, 0.05) is 13.1 Å². The number of nitrogens with one attached hydrogen (secondary N) is 1. The maximum atomic E-state index is 12.7. The van der Waals surface area contributed by atoms with Crippen molar-refractivity contribution in [3.63, 3.8) is 0 Å². The van der Waals surface area contributed by atoms with Crippen molar-refractivity contribution in [2.45, 2.75) is 29.9 Å². The topological polar surface area (TPSA) is 69.9 Å². The maximum Gasteiger partial charge on any atom is 0.258 e. The van der Waals surface area contributed by atoms with E-state index < -0.39 is 6.10 Å². The summed E-state index contributed by atoms with van der Waals surface area (Å²) in [5.41, 5.74) is 3.18. The van der Waals surface area contributed by atoms with Crippen LogP contribution in [0.2, 0.25) is 0 Å². The zero-order valence-corrected chi connectivity index (χ0v) is 18.1. The number of piperidine rings is 1. The predicted octanol–water partition coefficient (Wildman–Crippen LogP) is 3.14. The minimum atomic E-state index is -0.583. The molecule has 3 aromatic rings. The summed E-state index contributed by atoms with van der Waals surface area (Å²) in [6.45, 7) is 2.78. The molecule has 7 heteroatoms. The molecule has 6 nitrogen and oxygen atoms in total. The number of benzene rings is 1. The highest BCUT2D eigenvalue weighted by molar-refractivity contribution is 8.04. The van der Waals surface area contributed by atoms with Crippen LogP contribution in [-0.2, 0) is 4.79 Å². The standard InChI is InChI=1S/C24H26N4O2S/c29-20(16-27-11-9-18(10-12-27)17-5-2-1-3-6-17)15-26-24(30)21-13-19-14-25-22-7-4-8-23(31-21)28(19)22/h1-8,13-14,18,20,29H,9-12,15-16H2,(H,26,30). The Morgan fingerprint density at radius 2 is 1.97 bits per heavy atom. The molecule has 1 saturated heterocycles. The molecule has 1 atom stereocenters. The summed E-state index contributed by atoms with van der Waals surface area (Å²) in [6, 6.07) is 16.5. The van der Waals surface area contributed by atoms with E-state index in [1.807, 2.05) is 28.7 Å². The van der Waals surface area contributed by atoms with Crippen LogP contribution in [0.15, 0.2) is 64.7 Å². The molecule has 31 heavy (non-hydrogen) atoms. The molecular weight excluding hydrogens is 408 g/mol. The Bertz CT molecular complexity index is 1100. The fourth-order valence-electron chi connectivity index (χ4n) is 4.43. The number of aromatic nitrogens is 2. The molecule has 1 unspecified atom stereocenters. The molecule has 0 bridgehead atoms. The summed E-state index contributed by atoms with van der Waals surface area (Å²) in [5.74, 6) is 0.443. The number of imidazole rings is 1. The average molecular weight is 435 g/mol. The Labute approximate surface area is 186 Å². The van der Waals surface area contributed by atoms with Crippen LogP contribution in [0.4, 0.5) is 0 Å². The summed E-state index contributed by atoms with van der Waals surface area (Å²) >= 11 is 1.43. The van der Waals surface area contributed by atoms with E-state index in [1.54, 1.807) is 6.20 Å². The third-order valence-electron chi connectivity index (χ3n) is 6.06. The number of rotatable bonds is 6. The fourth-order valence-corrected chi connectivity index (χ4v) is 5.44. The summed E-state index contributed by atoms with van der Waals surface area (Å²) in [6.07, 6.45) is 5.26. The highest BCUT2D eigenvalue weighted by Crippen LogP contribution is 2.34. The van der Waals surface area contributed by atoms with Crippen molar-refractivity contribution >= 4 is 29.4 Å². The quantitative estimate of drug-likeness (QED) is 0.624. The molecule has 2 N–H and O–H groups in total. The third kappa shape index (κ3) is 4.39. The van der Waals surface area contributed by atoms with Crippen LogP contribution in [0.5, 0.6) is 0 Å². The van der Waals surface area contributed by atoms with Crippen LogP contribution >= 0.6 is 11.8 Å². The lowest BCUT2D eigenvalue weighted by Crippen LogP contribution is -2.43. The third-order valence-corrected chi connectivity index (χ3v) is 7.11. The fraction of sp³-hybridized carbons (Fsp3) is 0.333. The van der Waals surface area contributed by atoms with Gasteiger partial charge in [-0.05, 0) is 55.6 Å². The van der Waals surface area contributed by atoms with Crippen molar-refractivity contribution in [2.75, 3.05) is 26.2 Å². The first-order chi connectivity index (χ1) is 15.2. The lowest BCUT2D eigenvalue weighted by molar-refractivity contribution is -0.117. The van der Waals surface area contributed by atoms with Gasteiger partial charge < -0.3 is 15.3 Å². The molecule has 0 spiro atoms. The summed E-state index contributed by atoms with van der Waals surface area (Å²) in [4.78, 5) is 20.0. The number of pyridine rings is 1. The zero-order valence-electron chi connectivity index (χ0n) is 17.3. The largest absolute Gasteiger partial charge is 0.390 e. The van der Waals surface area contributed by atoms with E-state index in [0.717, 1.165) is 42.3 Å². The second-order valence-electron chi connectivity index (χ2n) is 8.20. The Morgan fingerprint density at radius 1 is 1.16 bits per heavy atom. The normalized spacial score (nSPS) is 18.0. The van der Waals surface area contributed by atoms with Gasteiger partial charge in [0.15, 0.2) is 0 Å². The van der Waals surface area contributed by atoms with Crippen molar-refractivity contribution in [2.24, 2.45) is 0 Å². The second-order valence-corrected chi connectivity index (χ2v) is 9.26. The van der Waals surface area contributed by atoms with E-state index in [-0.39, 0.29) is 12.5 Å². The molecule has 0 aliphatic carbocycles. The van der Waals surface area contributed by atoms with Crippen LogP contribution in [0, 0.1) is 0 Å². The van der Waals surface area contributed by atoms with Gasteiger partial charge in [0.2, 0.25) is 0 Å². The Morgan fingerprint density at radius 3 is 2.77 bits per heavy atom. The van der Waals surface area contributed by atoms with Crippen molar-refractivity contribution in [1.29, 1.82) is 0 Å². The molecule has 1 aromatic carbocycles. The number of likely N-dealkylation sites (tertiary alicyclic amines) is 1. The van der Waals surface area contributed by atoms with Gasteiger partial charge in [-0.25, -0.2) is 4.98 Å². The Hall–Kier alpha value is -2.61. The summed E-state index contributed by atoms with van der Waals surface area (Å²) in [7, 11) is 0. The first-order valence-corrected chi connectivity index (χ1v) is 11.6. The van der Waals surface area contributed by atoms with Gasteiger partial charge >= 0.3 is 0 Å². The number of thioether (sulfide) groups is 1. The smallest absolute Gasteiger partial charge is 0.258 e. The lowest BCUT2D eigenvalue weighted by Gasteiger charge is -2.33. The molecule has 2 aliphatic heterocycles. The SMILES string of the molecule is O=C(NCC(O)CN1CCC(c2ccccc2)CC1)C1=Cc2cnc3cccc(n23)S1. The maximum absolute atomic E-state index is 12.7. The monoisotopic (exact) mass is 434 g/mol. The van der Waals surface area contributed by atoms with Crippen molar-refractivity contribution in [1.82, 2.24) is 19.6 Å². The van der Waals surface area contributed by atoms with Crippen molar-refractivity contribution in [3.8, 4) is 0 Å². The van der Waals surface area contributed by atoms with Crippen molar-refractivity contribution in [3.05, 3.63) is 70.9 Å². The molecule has 0 radical (unpaired) electrons. The molecule has 0 saturated carbocycles. The van der Waals surface area contributed by atoms with Gasteiger partial charge in [-0.1, -0.05) is 48.2 Å². The highest BCUT2D eigenvalue weighted by atomic mass is 32.2. The van der Waals surface area contributed by atoms with Gasteiger partial charge in [0.25, 0.3) is 5.91 Å². The van der Waals surface area contributed by atoms with Crippen LogP contribution in [0.25, 0.3) is 11.7 Å². The van der Waals surface area contributed by atoms with Gasteiger partial charge in [0.05, 0.1) is 27.9 Å². The van der Waals surface area contributed by atoms with E-state index >= 15 is 0 Å². The number of β-amino-alcohol motifs (C(OH)–C–C–N with tert-alkyl or cyclic N) is 1. The van der Waals surface area contributed by atoms with Crippen LogP contribution < -0.4 is 5.32 Å². The second kappa shape index (κ2) is 8.86. The molecular formula is C24H26N4O2S. The zero-order chi connectivity index (χ0) is 21.2. The first kappa shape index (κ1) is 20.3. The number of hydrogen-bond acceptors (Lipinski definition) is 5. The van der Waals surface area contributed by atoms with Crippen LogP contribution in [0.1, 0.15) is 30.0 Å². The minimum absolute atomic E-state index is 0.156. The summed E-state index contributed by atoms with van der Waals surface area (Å²) < 4.78 is 2.04. The van der Waals surface area contributed by atoms with E-state index in [0.29, 0.717) is 17.4 Å². The molecule has 4 heterocycles. The van der Waals surface area contributed by atoms with Crippen LogP contribution in [0.3, 0.4) is 0 Å². The molecule has 1 amide bonds. The number of amides is 1. The van der Waals surface area contributed by atoms with Gasteiger partial charge in [-0.2, -0.15) is 0 Å². The Balaban J connectivity index is 1.11. The van der Waals surface area contributed by atoms with Gasteiger partial charge in [-0.15, -0.1) is 0 Å². The molecule has 2 aliphatic rings. The highest BCUT2D eigenvalue weighted by Gasteiger charge is 2.23. The Kier molecular flexibility index (Phi) is 5.80. The average Bonchev–Trinajstić information content (AvgIpc) is 3.23. The molecule has 160 valence electrons. The number of aliphatic hydroxyl groups is 1. The molecule has 5 rings (SSSR count). The van der Waals surface area contributed by atoms with Crippen LogP contribution in [-0.4, -0.2) is 57.6 Å². The minimum Gasteiger partial charge on any atom is -0.390 e. The van der Waals surface area contributed by atoms with Gasteiger partial charge in [0.1, 0.15) is 5.65 Å². The number of carbonyl (C=O) groups excluding carboxylic acids is 1. The van der Waals surface area contributed by atoms with Crippen molar-refractivity contribution < 1.29 is 9.90 Å². The predicted molar refractivity (Wildman–Crippen MR) is 123 cm³/mol. The van der Waals surface area contributed by atoms with E-state index in [2.05, 4.69) is 45.5 Å². The number of nitrogens with zero attached hydrogens (tertiary/aromatic N) is 3. The number of aliphatic hydroxyl groups excluding tert-OH is 1. The van der Waals surface area contributed by atoms with E-state index in [9.17, 15) is 9.90 Å². The molecule has 1 fully saturated rings.